The Morgan fingerprint density at radius 3 is 2.79 bits per heavy atom. The Morgan fingerprint density at radius 1 is 1.18 bits per heavy atom. The number of halogens is 1. The summed E-state index contributed by atoms with van der Waals surface area (Å²) in [4.78, 5) is 14.3. The molecule has 6 atom stereocenters. The number of aromatic carboxylic acids is 1. The zero-order valence-corrected chi connectivity index (χ0v) is 23.5. The molecule has 1 aliphatic heterocycles. The predicted octanol–water partition coefficient (Wildman–Crippen LogP) is 6.10. The molecule has 0 saturated heterocycles. The van der Waals surface area contributed by atoms with Crippen LogP contribution in [0.15, 0.2) is 36.4 Å². The summed E-state index contributed by atoms with van der Waals surface area (Å²) in [7, 11) is 1.83. The lowest BCUT2D eigenvalue weighted by Gasteiger charge is -2.48. The molecule has 7 heteroatoms. The number of aryl methyl sites for hydroxylation is 1. The first-order valence-corrected chi connectivity index (χ1v) is 15.0. The fraction of sp³-hybridized carbons (Fsp3) is 0.594. The van der Waals surface area contributed by atoms with Crippen LogP contribution >= 0.6 is 11.6 Å². The van der Waals surface area contributed by atoms with E-state index in [1.54, 1.807) is 12.1 Å². The highest BCUT2D eigenvalue weighted by Crippen LogP contribution is 2.48. The van der Waals surface area contributed by atoms with Crippen molar-refractivity contribution < 1.29 is 24.5 Å². The van der Waals surface area contributed by atoms with Crippen LogP contribution in [-0.4, -0.2) is 55.2 Å². The Balaban J connectivity index is 1.32. The van der Waals surface area contributed by atoms with Crippen molar-refractivity contribution in [2.45, 2.75) is 75.4 Å². The van der Waals surface area contributed by atoms with Crippen molar-refractivity contribution in [2.75, 3.05) is 31.7 Å². The molecule has 2 fully saturated rings. The molecule has 210 valence electrons. The number of carbonyl (C=O) groups is 1. The van der Waals surface area contributed by atoms with Gasteiger partial charge in [0, 0.05) is 30.6 Å². The number of aliphatic hydroxyl groups excluding tert-OH is 1. The van der Waals surface area contributed by atoms with E-state index in [4.69, 9.17) is 21.1 Å². The fourth-order valence-electron chi connectivity index (χ4n) is 8.00. The molecule has 0 radical (unpaired) electrons. The number of ether oxygens (including phenoxy) is 2. The molecule has 39 heavy (non-hydrogen) atoms. The molecule has 1 heterocycles. The monoisotopic (exact) mass is 553 g/mol. The lowest BCUT2D eigenvalue weighted by molar-refractivity contribution is -0.0721. The van der Waals surface area contributed by atoms with Crippen LogP contribution in [0.4, 0.5) is 5.69 Å². The van der Waals surface area contributed by atoms with Crippen LogP contribution in [0.1, 0.15) is 72.9 Å². The number of aliphatic hydroxyl groups is 1. The smallest absolute Gasteiger partial charge is 0.335 e. The van der Waals surface area contributed by atoms with Gasteiger partial charge in [0.2, 0.25) is 0 Å². The zero-order valence-electron chi connectivity index (χ0n) is 22.8. The average Bonchev–Trinajstić information content (AvgIpc) is 3.06. The number of anilines is 1. The molecule has 4 aliphatic rings. The van der Waals surface area contributed by atoms with Gasteiger partial charge < -0.3 is 24.6 Å². The average molecular weight is 554 g/mol. The molecule has 6 nitrogen and oxygen atoms in total. The summed E-state index contributed by atoms with van der Waals surface area (Å²) < 4.78 is 12.6. The first kappa shape index (κ1) is 26.9. The van der Waals surface area contributed by atoms with Gasteiger partial charge in [0.25, 0.3) is 0 Å². The minimum atomic E-state index is -0.925. The number of hydrogen-bond donors (Lipinski definition) is 2. The summed E-state index contributed by atoms with van der Waals surface area (Å²) in [6.07, 6.45) is 9.20. The number of rotatable bonds is 6. The van der Waals surface area contributed by atoms with Crippen molar-refractivity contribution in [1.29, 1.82) is 0 Å². The Labute approximate surface area is 236 Å². The largest absolute Gasteiger partial charge is 0.490 e. The van der Waals surface area contributed by atoms with Crippen LogP contribution in [0.5, 0.6) is 5.75 Å². The van der Waals surface area contributed by atoms with Crippen LogP contribution in [0.25, 0.3) is 0 Å². The van der Waals surface area contributed by atoms with Crippen LogP contribution in [0, 0.1) is 17.8 Å². The summed E-state index contributed by atoms with van der Waals surface area (Å²) in [5, 5.41) is 20.9. The zero-order chi connectivity index (χ0) is 27.1. The van der Waals surface area contributed by atoms with E-state index in [2.05, 4.69) is 17.0 Å². The first-order chi connectivity index (χ1) is 18.9. The number of methoxy groups -OCH3 is 1. The number of hydrogen-bond acceptors (Lipinski definition) is 5. The standard InChI is InChI=1S/C32H40ClNO5/c1-38-30(21-4-2-6-25(35)15-21)26-10-7-23(26)17-34-18-32(13-3-5-20-14-24(33)9-11-27(20)32)19-39-29-12-8-22(31(36)37)16-28(29)34/h8-9,11-12,14,16,21,23,25-26,30,35H,2-7,10,13,15,17-19H2,1H3,(H,36,37)/t21-,23+,25+,26-,30+,32?/m1/s1. The Kier molecular flexibility index (Phi) is 7.55. The second-order valence-electron chi connectivity index (χ2n) is 12.4. The number of fused-ring (bicyclic) bond motifs is 3. The summed E-state index contributed by atoms with van der Waals surface area (Å²) >= 11 is 6.39. The maximum absolute atomic E-state index is 11.9. The van der Waals surface area contributed by atoms with Gasteiger partial charge in [0.15, 0.2) is 0 Å². The van der Waals surface area contributed by atoms with Gasteiger partial charge in [0.05, 0.1) is 30.1 Å². The number of carboxylic acids is 1. The van der Waals surface area contributed by atoms with Crippen molar-refractivity contribution in [3.63, 3.8) is 0 Å². The van der Waals surface area contributed by atoms with Crippen molar-refractivity contribution >= 4 is 23.3 Å². The summed E-state index contributed by atoms with van der Waals surface area (Å²) in [6, 6.07) is 11.5. The molecular weight excluding hydrogens is 514 g/mol. The van der Waals surface area contributed by atoms with Gasteiger partial charge >= 0.3 is 5.97 Å². The van der Waals surface area contributed by atoms with Gasteiger partial charge in [-0.1, -0.05) is 24.1 Å². The molecule has 0 bridgehead atoms. The Hall–Kier alpha value is -2.28. The number of benzene rings is 2. The third-order valence-electron chi connectivity index (χ3n) is 10.1. The molecule has 6 rings (SSSR count). The van der Waals surface area contributed by atoms with Crippen molar-refractivity contribution in [3.8, 4) is 5.75 Å². The highest BCUT2D eigenvalue weighted by Gasteiger charge is 2.46. The Morgan fingerprint density at radius 2 is 2.05 bits per heavy atom. The SMILES string of the molecule is CO[C@@H]([C@@H]1CCC[C@H](O)C1)[C@@H]1CC[C@H]1CN1CC2(CCCc3cc(Cl)ccc32)COc2ccc(C(=O)O)cc21. The van der Waals surface area contributed by atoms with E-state index in [9.17, 15) is 15.0 Å². The number of nitrogens with zero attached hydrogens (tertiary/aromatic N) is 1. The maximum atomic E-state index is 11.9. The molecule has 0 aromatic heterocycles. The van der Waals surface area contributed by atoms with Crippen LogP contribution in [0.2, 0.25) is 5.02 Å². The third-order valence-corrected chi connectivity index (χ3v) is 10.3. The van der Waals surface area contributed by atoms with E-state index in [1.807, 2.05) is 19.2 Å². The van der Waals surface area contributed by atoms with Gasteiger partial charge in [-0.15, -0.1) is 0 Å². The van der Waals surface area contributed by atoms with E-state index in [1.165, 1.54) is 11.1 Å². The van der Waals surface area contributed by atoms with Gasteiger partial charge in [0.1, 0.15) is 5.75 Å². The summed E-state index contributed by atoms with van der Waals surface area (Å²) in [5.41, 5.74) is 3.58. The van der Waals surface area contributed by atoms with Gasteiger partial charge in [-0.2, -0.15) is 0 Å². The molecule has 2 aromatic carbocycles. The topological polar surface area (TPSA) is 79.2 Å². The van der Waals surface area contributed by atoms with Crippen LogP contribution < -0.4 is 9.64 Å². The van der Waals surface area contributed by atoms with Gasteiger partial charge in [-0.3, -0.25) is 0 Å². The lowest BCUT2D eigenvalue weighted by Crippen LogP contribution is -2.51. The lowest BCUT2D eigenvalue weighted by atomic mass is 9.65. The fourth-order valence-corrected chi connectivity index (χ4v) is 8.19. The second kappa shape index (κ2) is 10.9. The first-order valence-electron chi connectivity index (χ1n) is 14.6. The van der Waals surface area contributed by atoms with Gasteiger partial charge in [-0.25, -0.2) is 4.79 Å². The molecule has 3 aliphatic carbocycles. The molecular formula is C32H40ClNO5. The van der Waals surface area contributed by atoms with Crippen molar-refractivity contribution in [1.82, 2.24) is 0 Å². The minimum absolute atomic E-state index is 0.151. The van der Waals surface area contributed by atoms with E-state index in [0.29, 0.717) is 24.4 Å². The molecule has 2 N–H and O–H groups in total. The second-order valence-corrected chi connectivity index (χ2v) is 12.8. The number of carboxylic acid groups (broad SMARTS) is 1. The van der Waals surface area contributed by atoms with Gasteiger partial charge in [-0.05, 0) is 111 Å². The molecule has 1 unspecified atom stereocenters. The maximum Gasteiger partial charge on any atom is 0.335 e. The highest BCUT2D eigenvalue weighted by atomic mass is 35.5. The molecule has 0 amide bonds. The van der Waals surface area contributed by atoms with Crippen LogP contribution in [-0.2, 0) is 16.6 Å². The summed E-state index contributed by atoms with van der Waals surface area (Å²) in [5.74, 6) is 1.11. The van der Waals surface area contributed by atoms with E-state index in [0.717, 1.165) is 87.3 Å². The summed E-state index contributed by atoms with van der Waals surface area (Å²) in [6.45, 7) is 2.18. The van der Waals surface area contributed by atoms with Crippen molar-refractivity contribution in [3.05, 3.63) is 58.1 Å². The normalized spacial score (nSPS) is 30.9. The third kappa shape index (κ3) is 5.16. The molecule has 2 saturated carbocycles. The predicted molar refractivity (Wildman–Crippen MR) is 152 cm³/mol. The molecule has 2 aromatic rings. The highest BCUT2D eigenvalue weighted by molar-refractivity contribution is 6.30. The van der Waals surface area contributed by atoms with E-state index in [-0.39, 0.29) is 23.2 Å². The van der Waals surface area contributed by atoms with Crippen molar-refractivity contribution in [2.24, 2.45) is 17.8 Å². The quantitative estimate of drug-likeness (QED) is 0.450. The van der Waals surface area contributed by atoms with E-state index >= 15 is 0 Å². The van der Waals surface area contributed by atoms with Crippen LogP contribution in [0.3, 0.4) is 0 Å². The van der Waals surface area contributed by atoms with E-state index < -0.39 is 5.97 Å². The Bertz CT molecular complexity index is 1220. The minimum Gasteiger partial charge on any atom is -0.490 e. The molecule has 1 spiro atoms.